The average Bonchev–Trinajstić information content (AvgIpc) is 3.18. The predicted octanol–water partition coefficient (Wildman–Crippen LogP) is 4.13. The molecule has 16 heteroatoms. The first-order valence-electron chi connectivity index (χ1n) is 13.5. The first-order chi connectivity index (χ1) is 19.8. The minimum absolute atomic E-state index is 0.187. The van der Waals surface area contributed by atoms with Gasteiger partial charge >= 0.3 is 0 Å². The van der Waals surface area contributed by atoms with Gasteiger partial charge in [0.05, 0.1) is 34.4 Å². The molecule has 1 aliphatic rings. The Morgan fingerprint density at radius 1 is 1.17 bits per heavy atom. The maximum atomic E-state index is 10.6. The number of hydrogen-bond donors (Lipinski definition) is 3. The predicted molar refractivity (Wildman–Crippen MR) is 168 cm³/mol. The molecule has 0 spiro atoms. The van der Waals surface area contributed by atoms with E-state index in [2.05, 4.69) is 50.6 Å². The first kappa shape index (κ1) is 32.9. The Balaban J connectivity index is 1.55. The van der Waals surface area contributed by atoms with Crippen LogP contribution in [0, 0.1) is 5.41 Å². The smallest absolute Gasteiger partial charge is 0.235 e. The summed E-state index contributed by atoms with van der Waals surface area (Å²) in [6.45, 7) is 8.65. The van der Waals surface area contributed by atoms with Gasteiger partial charge in [0, 0.05) is 24.2 Å². The summed E-state index contributed by atoms with van der Waals surface area (Å²) >= 11 is 8.68. The third kappa shape index (κ3) is 7.19. The standard InChI is InChI=1S/C26H34B2ClN7O4S2/c1-6-10-24(3,4)11-12-41-40-19(20-30-13-16(29)14-31-20)15(2)42-35-23-34-33-21(17-8-7-9-18(32-17)39-5)36(23)22-25(27,37)26(22,28)38/h7-9,13-15,19,22,37-38H,6,10-12H2,1-5H3,(H,34,35)/t15-,19?,22?,25?,26?/m0/s1. The molecule has 4 atom stereocenters. The van der Waals surface area contributed by atoms with E-state index in [-0.39, 0.29) is 22.4 Å². The Morgan fingerprint density at radius 2 is 1.86 bits per heavy atom. The molecule has 1 fully saturated rings. The molecule has 1 saturated carbocycles. The van der Waals surface area contributed by atoms with E-state index in [0.29, 0.717) is 22.4 Å². The number of ether oxygens (including phenoxy) is 1. The van der Waals surface area contributed by atoms with Crippen LogP contribution >= 0.6 is 35.6 Å². The number of pyridine rings is 1. The number of anilines is 1. The maximum absolute atomic E-state index is 10.6. The molecule has 3 aromatic rings. The van der Waals surface area contributed by atoms with Crippen LogP contribution in [0.25, 0.3) is 11.5 Å². The molecule has 3 N–H and O–H groups in total. The average molecular weight is 630 g/mol. The van der Waals surface area contributed by atoms with Gasteiger partial charge in [-0.25, -0.2) is 15.0 Å². The quantitative estimate of drug-likeness (QED) is 0.0964. The highest BCUT2D eigenvalue weighted by Gasteiger charge is 2.71. The van der Waals surface area contributed by atoms with Crippen molar-refractivity contribution in [3.8, 4) is 17.4 Å². The second-order valence-electron chi connectivity index (χ2n) is 11.0. The molecule has 4 radical (unpaired) electrons. The lowest BCUT2D eigenvalue weighted by atomic mass is 9.83. The summed E-state index contributed by atoms with van der Waals surface area (Å²) < 4.78 is 16.1. The zero-order chi connectivity index (χ0) is 30.7. The van der Waals surface area contributed by atoms with Crippen molar-refractivity contribution in [1.82, 2.24) is 29.7 Å². The van der Waals surface area contributed by atoms with Gasteiger partial charge in [0.15, 0.2) is 11.6 Å². The Hall–Kier alpha value is -2.03. The van der Waals surface area contributed by atoms with Crippen molar-refractivity contribution < 1.29 is 19.1 Å². The Kier molecular flexibility index (Phi) is 10.4. The number of halogens is 1. The number of aliphatic hydroxyl groups is 2. The van der Waals surface area contributed by atoms with E-state index in [0.717, 1.165) is 25.0 Å². The molecule has 3 unspecified atom stereocenters. The van der Waals surface area contributed by atoms with Crippen LogP contribution in [0.5, 0.6) is 5.88 Å². The number of rotatable bonds is 15. The normalized spacial score (nSPS) is 23.4. The van der Waals surface area contributed by atoms with Crippen molar-refractivity contribution in [2.75, 3.05) is 17.6 Å². The van der Waals surface area contributed by atoms with Gasteiger partial charge in [0.2, 0.25) is 11.8 Å². The van der Waals surface area contributed by atoms with Gasteiger partial charge in [-0.05, 0) is 55.2 Å². The minimum atomic E-state index is -2.12. The van der Waals surface area contributed by atoms with E-state index in [1.54, 1.807) is 18.2 Å². The van der Waals surface area contributed by atoms with Gasteiger partial charge in [0.1, 0.15) is 27.5 Å². The summed E-state index contributed by atoms with van der Waals surface area (Å²) in [6.07, 6.45) is 5.80. The SMILES string of the molecule is [B]C1(O)C(n2c(NS[C@@H](C)C(OSCCC(C)(C)CCC)c3ncc(Cl)cn3)nnc2-c2cccc(OC)n2)C1([B])O. The molecule has 0 amide bonds. The fourth-order valence-electron chi connectivity index (χ4n) is 4.54. The number of nitrogens with zero attached hydrogens (tertiary/aromatic N) is 6. The van der Waals surface area contributed by atoms with Gasteiger partial charge in [-0.3, -0.25) is 9.29 Å². The van der Waals surface area contributed by atoms with Crippen molar-refractivity contribution in [2.24, 2.45) is 5.41 Å². The van der Waals surface area contributed by atoms with Crippen molar-refractivity contribution in [3.63, 3.8) is 0 Å². The monoisotopic (exact) mass is 629 g/mol. The molecule has 42 heavy (non-hydrogen) atoms. The summed E-state index contributed by atoms with van der Waals surface area (Å²) in [5, 5.41) is 29.9. The lowest BCUT2D eigenvalue weighted by Crippen LogP contribution is -2.25. The third-order valence-electron chi connectivity index (χ3n) is 7.13. The lowest BCUT2D eigenvalue weighted by Gasteiger charge is -2.25. The Bertz CT molecular complexity index is 1340. The van der Waals surface area contributed by atoms with Gasteiger partial charge in [-0.15, -0.1) is 10.2 Å². The van der Waals surface area contributed by atoms with Crippen LogP contribution in [0.3, 0.4) is 0 Å². The molecule has 0 saturated heterocycles. The summed E-state index contributed by atoms with van der Waals surface area (Å²) in [4.78, 5) is 13.2. The molecular weight excluding hydrogens is 596 g/mol. The number of nitrogens with one attached hydrogen (secondary N) is 1. The van der Waals surface area contributed by atoms with E-state index >= 15 is 0 Å². The highest BCUT2D eigenvalue weighted by atomic mass is 35.5. The second kappa shape index (κ2) is 13.3. The van der Waals surface area contributed by atoms with Crippen LogP contribution in [-0.4, -0.2) is 84.7 Å². The van der Waals surface area contributed by atoms with Crippen LogP contribution in [0.15, 0.2) is 30.6 Å². The molecule has 0 aromatic carbocycles. The highest BCUT2D eigenvalue weighted by Crippen LogP contribution is 2.56. The van der Waals surface area contributed by atoms with Gasteiger partial charge in [-0.1, -0.05) is 44.9 Å². The molecule has 11 nitrogen and oxygen atoms in total. The second-order valence-corrected chi connectivity index (χ2v) is 13.5. The van der Waals surface area contributed by atoms with Crippen LogP contribution in [0.2, 0.25) is 5.02 Å². The molecule has 222 valence electrons. The van der Waals surface area contributed by atoms with Crippen LogP contribution in [0.1, 0.15) is 64.9 Å². The molecule has 4 rings (SSSR count). The van der Waals surface area contributed by atoms with Gasteiger partial charge in [-0.2, -0.15) is 0 Å². The number of methoxy groups -OCH3 is 1. The van der Waals surface area contributed by atoms with Crippen LogP contribution < -0.4 is 9.46 Å². The van der Waals surface area contributed by atoms with Gasteiger partial charge in [0.25, 0.3) is 0 Å². The van der Waals surface area contributed by atoms with Crippen molar-refractivity contribution in [3.05, 3.63) is 41.4 Å². The fraction of sp³-hybridized carbons (Fsp3) is 0.577. The van der Waals surface area contributed by atoms with E-state index in [9.17, 15) is 10.2 Å². The topological polar surface area (TPSA) is 140 Å². The maximum Gasteiger partial charge on any atom is 0.235 e. The van der Waals surface area contributed by atoms with Crippen molar-refractivity contribution >= 4 is 57.2 Å². The number of hydrogen-bond acceptors (Lipinski definition) is 12. The van der Waals surface area contributed by atoms with Crippen molar-refractivity contribution in [2.45, 2.75) is 75.4 Å². The van der Waals surface area contributed by atoms with E-state index in [4.69, 9.17) is 36.2 Å². The summed E-state index contributed by atoms with van der Waals surface area (Å²) in [5.74, 6) is 2.03. The van der Waals surface area contributed by atoms with E-state index < -0.39 is 23.1 Å². The first-order valence-corrected chi connectivity index (χ1v) is 15.7. The van der Waals surface area contributed by atoms with Crippen LogP contribution in [-0.2, 0) is 4.18 Å². The molecule has 0 bridgehead atoms. The molecule has 3 aromatic heterocycles. The minimum Gasteiger partial charge on any atom is -0.481 e. The number of aromatic nitrogens is 6. The van der Waals surface area contributed by atoms with Gasteiger partial charge < -0.3 is 19.1 Å². The molecular formula is C26H34B2ClN7O4S2. The highest BCUT2D eigenvalue weighted by molar-refractivity contribution is 8.01. The molecule has 0 aliphatic heterocycles. The zero-order valence-corrected chi connectivity index (χ0v) is 26.6. The molecule has 3 heterocycles. The zero-order valence-electron chi connectivity index (χ0n) is 24.2. The fourth-order valence-corrected chi connectivity index (χ4v) is 6.58. The third-order valence-corrected chi connectivity index (χ3v) is 8.95. The Morgan fingerprint density at radius 3 is 2.48 bits per heavy atom. The largest absolute Gasteiger partial charge is 0.481 e. The van der Waals surface area contributed by atoms with E-state index in [1.807, 2.05) is 6.92 Å². The van der Waals surface area contributed by atoms with E-state index in [1.165, 1.54) is 48.1 Å². The van der Waals surface area contributed by atoms with Crippen LogP contribution in [0.4, 0.5) is 5.95 Å². The summed E-state index contributed by atoms with van der Waals surface area (Å²) in [5.41, 5.74) is -3.65. The molecule has 1 aliphatic carbocycles. The summed E-state index contributed by atoms with van der Waals surface area (Å²) in [6, 6.07) is 3.94. The summed E-state index contributed by atoms with van der Waals surface area (Å²) in [7, 11) is 13.4. The lowest BCUT2D eigenvalue weighted by molar-refractivity contribution is 0.125. The van der Waals surface area contributed by atoms with Crippen molar-refractivity contribution in [1.29, 1.82) is 0 Å². The Labute approximate surface area is 262 Å².